The van der Waals surface area contributed by atoms with E-state index in [-0.39, 0.29) is 24.3 Å². The summed E-state index contributed by atoms with van der Waals surface area (Å²) in [4.78, 5) is 34.9. The molecule has 2 atom stereocenters. The van der Waals surface area contributed by atoms with Crippen LogP contribution in [0.4, 0.5) is 14.9 Å². The number of nitrogens with zero attached hydrogens (tertiary/aromatic N) is 7. The predicted octanol–water partition coefficient (Wildman–Crippen LogP) is 3.50. The van der Waals surface area contributed by atoms with Crippen LogP contribution in [-0.4, -0.2) is 56.5 Å². The van der Waals surface area contributed by atoms with Crippen molar-refractivity contribution in [2.24, 2.45) is 7.05 Å². The highest BCUT2D eigenvalue weighted by atomic mass is 32.2. The van der Waals surface area contributed by atoms with Crippen LogP contribution in [-0.2, 0) is 11.8 Å². The molecular weight excluding hydrogens is 497 g/mol. The largest absolute Gasteiger partial charge is 0.494 e. The van der Waals surface area contributed by atoms with Crippen molar-refractivity contribution in [3.8, 4) is 17.9 Å². The monoisotopic (exact) mass is 517 g/mol. The summed E-state index contributed by atoms with van der Waals surface area (Å²) in [5.74, 6) is -1.17. The van der Waals surface area contributed by atoms with Crippen LogP contribution in [0.5, 0.6) is 5.75 Å². The average molecular weight is 518 g/mol. The van der Waals surface area contributed by atoms with Crippen molar-refractivity contribution in [2.45, 2.75) is 24.6 Å². The summed E-state index contributed by atoms with van der Waals surface area (Å²) < 4.78 is 21.0. The zero-order chi connectivity index (χ0) is 26.4. The Morgan fingerprint density at radius 3 is 2.73 bits per heavy atom. The number of aryl methyl sites for hydroxylation is 2. The number of hydrogen-bond acceptors (Lipinski definition) is 8. The van der Waals surface area contributed by atoms with E-state index in [0.29, 0.717) is 27.1 Å². The van der Waals surface area contributed by atoms with Gasteiger partial charge in [0.2, 0.25) is 0 Å². The first-order chi connectivity index (χ1) is 17.8. The Labute approximate surface area is 215 Å². The minimum absolute atomic E-state index is 0.0412. The van der Waals surface area contributed by atoms with Crippen LogP contribution in [0.25, 0.3) is 15.8 Å². The number of halogens is 1. The number of urea groups is 1. The molecule has 1 saturated heterocycles. The lowest BCUT2D eigenvalue weighted by molar-refractivity contribution is -0.119. The zero-order valence-electron chi connectivity index (χ0n) is 20.1. The number of amides is 3. The standard InChI is InChI=1S/C25H20FN7O3S/c1-13-22-17(30-31(13)2)11-29-12-19(22)33-24(34)23-18(32(25(33)35)6-4-5-27)9-21(37-23)15-8-20(36-3)16(26)7-14(15)10-28/h7-9,11-12,18,23H,4,6H2,1-3H3. The van der Waals surface area contributed by atoms with Gasteiger partial charge in [0.05, 0.1) is 60.7 Å². The molecule has 3 amide bonds. The van der Waals surface area contributed by atoms with Gasteiger partial charge in [-0.05, 0) is 25.1 Å². The third-order valence-corrected chi connectivity index (χ3v) is 7.89. The fourth-order valence-corrected chi connectivity index (χ4v) is 6.02. The molecule has 5 rings (SSSR count). The molecule has 12 heteroatoms. The Hall–Kier alpha value is -4.42. The van der Waals surface area contributed by atoms with E-state index in [4.69, 9.17) is 4.74 Å². The molecule has 2 unspecified atom stereocenters. The summed E-state index contributed by atoms with van der Waals surface area (Å²) in [6.07, 6.45) is 4.81. The molecule has 10 nitrogen and oxygen atoms in total. The Morgan fingerprint density at radius 1 is 1.24 bits per heavy atom. The molecule has 186 valence electrons. The van der Waals surface area contributed by atoms with Crippen LogP contribution in [0.1, 0.15) is 23.2 Å². The van der Waals surface area contributed by atoms with Gasteiger partial charge in [0, 0.05) is 29.8 Å². The topological polar surface area (TPSA) is 128 Å². The molecule has 0 spiro atoms. The van der Waals surface area contributed by atoms with Gasteiger partial charge in [-0.15, -0.1) is 11.8 Å². The second-order valence-corrected chi connectivity index (χ2v) is 9.71. The summed E-state index contributed by atoms with van der Waals surface area (Å²) in [5.41, 5.74) is 2.09. The van der Waals surface area contributed by atoms with Crippen molar-refractivity contribution in [3.05, 3.63) is 53.2 Å². The van der Waals surface area contributed by atoms with Crippen LogP contribution in [0, 0.1) is 35.4 Å². The Morgan fingerprint density at radius 2 is 2.03 bits per heavy atom. The molecule has 3 aromatic rings. The minimum Gasteiger partial charge on any atom is -0.494 e. The lowest BCUT2D eigenvalue weighted by atomic mass is 10.0. The molecule has 0 radical (unpaired) electrons. The molecule has 2 aromatic heterocycles. The van der Waals surface area contributed by atoms with Crippen molar-refractivity contribution in [1.29, 1.82) is 10.5 Å². The van der Waals surface area contributed by atoms with E-state index in [1.165, 1.54) is 36.0 Å². The van der Waals surface area contributed by atoms with Gasteiger partial charge >= 0.3 is 6.03 Å². The van der Waals surface area contributed by atoms with Gasteiger partial charge < -0.3 is 9.64 Å². The lowest BCUT2D eigenvalue weighted by Gasteiger charge is -2.40. The van der Waals surface area contributed by atoms with Crippen molar-refractivity contribution in [1.82, 2.24) is 19.7 Å². The van der Waals surface area contributed by atoms with E-state index < -0.39 is 29.0 Å². The molecule has 37 heavy (non-hydrogen) atoms. The second-order valence-electron chi connectivity index (χ2n) is 8.52. The number of fused-ring (bicyclic) bond motifs is 2. The summed E-state index contributed by atoms with van der Waals surface area (Å²) in [5, 5.41) is 23.1. The Bertz CT molecular complexity index is 1590. The van der Waals surface area contributed by atoms with Crippen molar-refractivity contribution < 1.29 is 18.7 Å². The van der Waals surface area contributed by atoms with E-state index in [1.807, 2.05) is 13.0 Å². The number of rotatable bonds is 5. The van der Waals surface area contributed by atoms with Gasteiger partial charge in [-0.3, -0.25) is 14.5 Å². The SMILES string of the molecule is COc1cc(C2=CC3C(S2)C(=O)N(c2cncc4nn(C)c(C)c24)C(=O)N3CCC#N)c(C#N)cc1F. The maximum absolute atomic E-state index is 14.3. The Balaban J connectivity index is 1.62. The highest BCUT2D eigenvalue weighted by Crippen LogP contribution is 2.47. The Kier molecular flexibility index (Phi) is 6.05. The average Bonchev–Trinajstić information content (AvgIpc) is 3.45. The number of methoxy groups -OCH3 is 1. The molecular formula is C25H20FN7O3S. The number of carbonyl (C=O) groups is 2. The zero-order valence-corrected chi connectivity index (χ0v) is 20.9. The number of hydrogen-bond donors (Lipinski definition) is 0. The smallest absolute Gasteiger partial charge is 0.332 e. The molecule has 2 aliphatic rings. The number of benzene rings is 1. The van der Waals surface area contributed by atoms with E-state index >= 15 is 0 Å². The highest BCUT2D eigenvalue weighted by Gasteiger charge is 2.50. The first-order valence-electron chi connectivity index (χ1n) is 11.3. The summed E-state index contributed by atoms with van der Waals surface area (Å²) in [7, 11) is 3.09. The minimum atomic E-state index is -0.749. The van der Waals surface area contributed by atoms with Crippen LogP contribution in [0.2, 0.25) is 0 Å². The third kappa shape index (κ3) is 3.77. The van der Waals surface area contributed by atoms with E-state index in [0.717, 1.165) is 16.7 Å². The van der Waals surface area contributed by atoms with Gasteiger partial charge in [-0.1, -0.05) is 0 Å². The molecule has 2 aliphatic heterocycles. The molecule has 4 heterocycles. The van der Waals surface area contributed by atoms with Crippen LogP contribution in [0.3, 0.4) is 0 Å². The van der Waals surface area contributed by atoms with Gasteiger partial charge in [-0.2, -0.15) is 15.6 Å². The molecule has 0 saturated carbocycles. The molecule has 0 N–H and O–H groups in total. The van der Waals surface area contributed by atoms with Gasteiger partial charge in [0.1, 0.15) is 10.8 Å². The third-order valence-electron chi connectivity index (χ3n) is 6.54. The predicted molar refractivity (Wildman–Crippen MR) is 134 cm³/mol. The number of imide groups is 1. The number of thioether (sulfide) groups is 1. The fraction of sp³-hybridized carbons (Fsp3) is 0.280. The van der Waals surface area contributed by atoms with Crippen molar-refractivity contribution in [2.75, 3.05) is 18.6 Å². The van der Waals surface area contributed by atoms with Gasteiger partial charge in [0.15, 0.2) is 11.6 Å². The van der Waals surface area contributed by atoms with Gasteiger partial charge in [-0.25, -0.2) is 14.1 Å². The molecule has 1 aromatic carbocycles. The molecule has 0 aliphatic carbocycles. The molecule has 1 fully saturated rings. The van der Waals surface area contributed by atoms with E-state index in [1.54, 1.807) is 24.0 Å². The summed E-state index contributed by atoms with van der Waals surface area (Å²) in [6, 6.07) is 5.31. The second kappa shape index (κ2) is 9.22. The number of carbonyl (C=O) groups excluding carboxylic acids is 2. The van der Waals surface area contributed by atoms with E-state index in [9.17, 15) is 24.5 Å². The number of anilines is 1. The summed E-state index contributed by atoms with van der Waals surface area (Å²) in [6.45, 7) is 1.93. The van der Waals surface area contributed by atoms with Crippen molar-refractivity contribution in [3.63, 3.8) is 0 Å². The normalized spacial score (nSPS) is 19.0. The van der Waals surface area contributed by atoms with E-state index in [2.05, 4.69) is 16.2 Å². The number of nitriles is 2. The number of ether oxygens (including phenoxy) is 1. The fourth-order valence-electron chi connectivity index (χ4n) is 4.67. The first kappa shape index (κ1) is 24.3. The quantitative estimate of drug-likeness (QED) is 0.503. The summed E-state index contributed by atoms with van der Waals surface area (Å²) >= 11 is 1.19. The van der Waals surface area contributed by atoms with Crippen LogP contribution in [0.15, 0.2) is 30.6 Å². The van der Waals surface area contributed by atoms with Gasteiger partial charge in [0.25, 0.3) is 5.91 Å². The number of aromatic nitrogens is 3. The molecule has 0 bridgehead atoms. The van der Waals surface area contributed by atoms with Crippen LogP contribution < -0.4 is 9.64 Å². The lowest BCUT2D eigenvalue weighted by Crippen LogP contribution is -2.62. The first-order valence-corrected chi connectivity index (χ1v) is 12.1. The maximum atomic E-state index is 14.3. The number of pyridine rings is 1. The van der Waals surface area contributed by atoms with Crippen molar-refractivity contribution >= 4 is 45.2 Å². The maximum Gasteiger partial charge on any atom is 0.332 e. The highest BCUT2D eigenvalue weighted by molar-refractivity contribution is 8.09. The van der Waals surface area contributed by atoms with Crippen LogP contribution >= 0.6 is 11.8 Å².